The molecule has 4 heterocycles. The molecule has 8 nitrogen and oxygen atoms in total. The SMILES string of the molecule is COc1ccc(-c2ccc(=O)n(C)c2)c2sc(C(=O)N(CCC3CO3)Cc3[nH]nc4ccccc34)cc12. The molecule has 2 aromatic carbocycles. The largest absolute Gasteiger partial charge is 0.496 e. The van der Waals surface area contributed by atoms with Gasteiger partial charge in [0.25, 0.3) is 5.91 Å². The topological polar surface area (TPSA) is 92.7 Å². The molecule has 9 heteroatoms. The fraction of sp³-hybridized carbons (Fsp3) is 0.250. The van der Waals surface area contributed by atoms with Gasteiger partial charge in [-0.1, -0.05) is 18.2 Å². The number of fused-ring (bicyclic) bond motifs is 2. The number of hydrogen-bond acceptors (Lipinski definition) is 6. The third-order valence-corrected chi connectivity index (χ3v) is 7.93. The van der Waals surface area contributed by atoms with E-state index >= 15 is 0 Å². The number of epoxide rings is 1. The van der Waals surface area contributed by atoms with Crippen LogP contribution in [0.2, 0.25) is 0 Å². The van der Waals surface area contributed by atoms with E-state index in [0.717, 1.165) is 50.8 Å². The third kappa shape index (κ3) is 4.52. The molecule has 188 valence electrons. The maximum atomic E-state index is 13.9. The lowest BCUT2D eigenvalue weighted by atomic mass is 10.1. The second-order valence-corrected chi connectivity index (χ2v) is 10.3. The predicted octanol–water partition coefficient (Wildman–Crippen LogP) is 4.58. The molecule has 6 rings (SSSR count). The molecule has 0 aliphatic carbocycles. The number of benzene rings is 2. The molecule has 1 unspecified atom stereocenters. The summed E-state index contributed by atoms with van der Waals surface area (Å²) >= 11 is 1.45. The van der Waals surface area contributed by atoms with E-state index in [1.807, 2.05) is 59.6 Å². The van der Waals surface area contributed by atoms with Crippen LogP contribution in [0.5, 0.6) is 5.75 Å². The summed E-state index contributed by atoms with van der Waals surface area (Å²) in [6, 6.07) is 17.1. The number of nitrogens with zero attached hydrogens (tertiary/aromatic N) is 3. The normalized spacial score (nSPS) is 14.8. The maximum Gasteiger partial charge on any atom is 0.264 e. The predicted molar refractivity (Wildman–Crippen MR) is 144 cm³/mol. The van der Waals surface area contributed by atoms with E-state index < -0.39 is 0 Å². The molecule has 0 spiro atoms. The van der Waals surface area contributed by atoms with Crippen molar-refractivity contribution in [1.29, 1.82) is 0 Å². The van der Waals surface area contributed by atoms with Crippen LogP contribution in [0.1, 0.15) is 21.8 Å². The molecule has 37 heavy (non-hydrogen) atoms. The zero-order valence-electron chi connectivity index (χ0n) is 20.6. The van der Waals surface area contributed by atoms with Gasteiger partial charge in [0, 0.05) is 46.9 Å². The highest BCUT2D eigenvalue weighted by atomic mass is 32.1. The number of amides is 1. The van der Waals surface area contributed by atoms with Crippen molar-refractivity contribution in [2.45, 2.75) is 19.1 Å². The maximum absolute atomic E-state index is 13.9. The Morgan fingerprint density at radius 1 is 1.22 bits per heavy atom. The quantitative estimate of drug-likeness (QED) is 0.306. The van der Waals surface area contributed by atoms with Gasteiger partial charge in [0.2, 0.25) is 5.56 Å². The number of carbonyl (C=O) groups is 1. The van der Waals surface area contributed by atoms with Gasteiger partial charge in [-0.2, -0.15) is 5.10 Å². The van der Waals surface area contributed by atoms with E-state index in [1.165, 1.54) is 11.3 Å². The number of aryl methyl sites for hydroxylation is 1. The van der Waals surface area contributed by atoms with Crippen LogP contribution < -0.4 is 10.3 Å². The summed E-state index contributed by atoms with van der Waals surface area (Å²) in [7, 11) is 3.36. The standard InChI is InChI=1S/C28H26N4O4S/c1-31-14-17(7-10-26(31)33)19-8-9-24(35-2)21-13-25(37-27(19)21)28(34)32(12-11-18-16-36-18)15-23-20-5-3-4-6-22(20)29-30-23/h3-10,13-14,18H,11-12,15-16H2,1-2H3,(H,29,30). The molecule has 1 aliphatic heterocycles. The average Bonchev–Trinajstić information content (AvgIpc) is 3.49. The van der Waals surface area contributed by atoms with Crippen molar-refractivity contribution in [2.24, 2.45) is 7.05 Å². The molecule has 1 aliphatic rings. The molecule has 3 aromatic heterocycles. The van der Waals surface area contributed by atoms with Crippen molar-refractivity contribution in [1.82, 2.24) is 19.7 Å². The highest BCUT2D eigenvalue weighted by molar-refractivity contribution is 7.21. The molecule has 5 aromatic rings. The van der Waals surface area contributed by atoms with Gasteiger partial charge >= 0.3 is 0 Å². The number of H-pyrrole nitrogens is 1. The van der Waals surface area contributed by atoms with Crippen molar-refractivity contribution in [3.8, 4) is 16.9 Å². The van der Waals surface area contributed by atoms with E-state index in [1.54, 1.807) is 24.8 Å². The van der Waals surface area contributed by atoms with Gasteiger partial charge in [0.15, 0.2) is 0 Å². The number of pyridine rings is 1. The summed E-state index contributed by atoms with van der Waals surface area (Å²) in [5.74, 6) is 0.658. The van der Waals surface area contributed by atoms with Crippen LogP contribution in [-0.4, -0.2) is 51.9 Å². The number of thiophene rings is 1. The molecule has 1 atom stereocenters. The van der Waals surface area contributed by atoms with Gasteiger partial charge < -0.3 is 18.9 Å². The van der Waals surface area contributed by atoms with E-state index in [-0.39, 0.29) is 17.6 Å². The van der Waals surface area contributed by atoms with E-state index in [9.17, 15) is 9.59 Å². The van der Waals surface area contributed by atoms with E-state index in [4.69, 9.17) is 9.47 Å². The van der Waals surface area contributed by atoms with Crippen molar-refractivity contribution in [3.05, 3.63) is 81.7 Å². The van der Waals surface area contributed by atoms with Crippen LogP contribution >= 0.6 is 11.3 Å². The number of aromatic nitrogens is 3. The van der Waals surface area contributed by atoms with Gasteiger partial charge in [-0.25, -0.2) is 0 Å². The molecule has 0 radical (unpaired) electrons. The zero-order chi connectivity index (χ0) is 25.5. The Morgan fingerprint density at radius 2 is 2.05 bits per heavy atom. The fourth-order valence-corrected chi connectivity index (χ4v) is 5.81. The van der Waals surface area contributed by atoms with Crippen LogP contribution in [0.3, 0.4) is 0 Å². The Morgan fingerprint density at radius 3 is 2.84 bits per heavy atom. The Hall–Kier alpha value is -3.95. The van der Waals surface area contributed by atoms with Crippen molar-refractivity contribution in [3.63, 3.8) is 0 Å². The monoisotopic (exact) mass is 514 g/mol. The average molecular weight is 515 g/mol. The number of carbonyl (C=O) groups excluding carboxylic acids is 1. The van der Waals surface area contributed by atoms with Crippen molar-refractivity contribution in [2.75, 3.05) is 20.3 Å². The Bertz CT molecular complexity index is 1680. The third-order valence-electron chi connectivity index (χ3n) is 6.77. The minimum absolute atomic E-state index is 0.0472. The molecule has 1 saturated heterocycles. The number of methoxy groups -OCH3 is 1. The van der Waals surface area contributed by atoms with Gasteiger partial charge in [-0.05, 0) is 42.3 Å². The lowest BCUT2D eigenvalue weighted by molar-refractivity contribution is 0.0741. The number of para-hydroxylation sites is 1. The zero-order valence-corrected chi connectivity index (χ0v) is 21.4. The highest BCUT2D eigenvalue weighted by Gasteiger charge is 2.27. The van der Waals surface area contributed by atoms with Crippen LogP contribution in [0.25, 0.3) is 32.1 Å². The molecule has 0 bridgehead atoms. The summed E-state index contributed by atoms with van der Waals surface area (Å²) in [6.45, 7) is 1.75. The first-order valence-electron chi connectivity index (χ1n) is 12.1. The molecular weight excluding hydrogens is 488 g/mol. The molecular formula is C28H26N4O4S. The second-order valence-electron chi connectivity index (χ2n) is 9.23. The minimum atomic E-state index is -0.0721. The Balaban J connectivity index is 1.39. The summed E-state index contributed by atoms with van der Waals surface area (Å²) in [5, 5.41) is 9.41. The summed E-state index contributed by atoms with van der Waals surface area (Å²) in [5.41, 5.74) is 3.57. The second kappa shape index (κ2) is 9.49. The molecule has 1 fully saturated rings. The van der Waals surface area contributed by atoms with Crippen LogP contribution in [0.4, 0.5) is 0 Å². The number of aromatic amines is 1. The first kappa shape index (κ1) is 23.4. The number of hydrogen-bond donors (Lipinski definition) is 1. The summed E-state index contributed by atoms with van der Waals surface area (Å²) in [6.07, 6.45) is 2.82. The molecule has 1 amide bonds. The van der Waals surface area contributed by atoms with Gasteiger partial charge in [-0.3, -0.25) is 14.7 Å². The van der Waals surface area contributed by atoms with E-state index in [0.29, 0.717) is 23.7 Å². The lowest BCUT2D eigenvalue weighted by Gasteiger charge is -2.21. The highest BCUT2D eigenvalue weighted by Crippen LogP contribution is 2.40. The molecule has 1 N–H and O–H groups in total. The minimum Gasteiger partial charge on any atom is -0.496 e. The molecule has 0 saturated carbocycles. The number of rotatable bonds is 8. The van der Waals surface area contributed by atoms with Gasteiger partial charge in [-0.15, -0.1) is 11.3 Å². The first-order valence-corrected chi connectivity index (χ1v) is 12.9. The Kier molecular flexibility index (Phi) is 6.02. The smallest absolute Gasteiger partial charge is 0.264 e. The van der Waals surface area contributed by atoms with Gasteiger partial charge in [0.1, 0.15) is 5.75 Å². The van der Waals surface area contributed by atoms with Crippen LogP contribution in [0, 0.1) is 0 Å². The van der Waals surface area contributed by atoms with E-state index in [2.05, 4.69) is 10.2 Å². The van der Waals surface area contributed by atoms with Crippen LogP contribution in [0.15, 0.2) is 65.6 Å². The Labute approximate surface area is 217 Å². The van der Waals surface area contributed by atoms with Crippen molar-refractivity contribution >= 4 is 38.2 Å². The number of nitrogens with one attached hydrogen (secondary N) is 1. The van der Waals surface area contributed by atoms with Crippen LogP contribution in [-0.2, 0) is 18.3 Å². The lowest BCUT2D eigenvalue weighted by Crippen LogP contribution is -2.32. The summed E-state index contributed by atoms with van der Waals surface area (Å²) in [4.78, 5) is 28.4. The number of ether oxygens (including phenoxy) is 2. The summed E-state index contributed by atoms with van der Waals surface area (Å²) < 4.78 is 13.5. The van der Waals surface area contributed by atoms with Gasteiger partial charge in [0.05, 0.1) is 42.5 Å². The first-order chi connectivity index (χ1) is 18.0. The fourth-order valence-electron chi connectivity index (χ4n) is 4.63. The van der Waals surface area contributed by atoms with Crippen molar-refractivity contribution < 1.29 is 14.3 Å².